The van der Waals surface area contributed by atoms with Crippen LogP contribution in [-0.4, -0.2) is 60.5 Å². The van der Waals surface area contributed by atoms with Crippen LogP contribution in [0.15, 0.2) is 23.2 Å². The van der Waals surface area contributed by atoms with Crippen LogP contribution in [0.5, 0.6) is 0 Å². The molecule has 2 aliphatic rings. The van der Waals surface area contributed by atoms with Crippen LogP contribution in [0.1, 0.15) is 20.8 Å². The molecule has 1 N–H and O–H groups in total. The van der Waals surface area contributed by atoms with E-state index >= 15 is 0 Å². The molecule has 2 amide bonds. The number of carbonyl (C=O) groups excluding carboxylic acids is 2. The number of ether oxygens (including phenoxy) is 1. The lowest BCUT2D eigenvalue weighted by atomic mass is 10.2. The highest BCUT2D eigenvalue weighted by Gasteiger charge is 2.50. The van der Waals surface area contributed by atoms with Gasteiger partial charge in [-0.2, -0.15) is 4.99 Å². The number of halogens is 2. The van der Waals surface area contributed by atoms with Crippen molar-refractivity contribution in [3.05, 3.63) is 28.2 Å². The number of anilines is 1. The van der Waals surface area contributed by atoms with Gasteiger partial charge in [0.1, 0.15) is 12.1 Å². The van der Waals surface area contributed by atoms with Crippen molar-refractivity contribution in [2.75, 3.05) is 23.0 Å². The molecule has 0 spiro atoms. The van der Waals surface area contributed by atoms with Crippen LogP contribution in [0.4, 0.5) is 10.5 Å². The number of rotatable bonds is 3. The van der Waals surface area contributed by atoms with E-state index in [0.29, 0.717) is 20.9 Å². The molecular weight excluding hydrogens is 473 g/mol. The summed E-state index contributed by atoms with van der Waals surface area (Å²) in [6, 6.07) is 4.50. The van der Waals surface area contributed by atoms with Crippen molar-refractivity contribution in [3.63, 3.8) is 0 Å². The zero-order chi connectivity index (χ0) is 22.3. The van der Waals surface area contributed by atoms with Gasteiger partial charge in [0.15, 0.2) is 15.0 Å². The van der Waals surface area contributed by atoms with Gasteiger partial charge in [-0.05, 0) is 32.9 Å². The maximum atomic E-state index is 12.4. The molecule has 2 atom stereocenters. The van der Waals surface area contributed by atoms with Gasteiger partial charge in [0.25, 0.3) is 5.91 Å². The largest absolute Gasteiger partial charge is 0.444 e. The third kappa shape index (κ3) is 5.40. The van der Waals surface area contributed by atoms with E-state index in [2.05, 4.69) is 10.3 Å². The second kappa shape index (κ2) is 8.57. The lowest BCUT2D eigenvalue weighted by Crippen LogP contribution is -2.39. The molecule has 8 nitrogen and oxygen atoms in total. The number of hydrogen-bond acceptors (Lipinski definition) is 6. The Labute approximate surface area is 189 Å². The fourth-order valence-corrected chi connectivity index (χ4v) is 7.65. The van der Waals surface area contributed by atoms with Crippen LogP contribution >= 0.6 is 35.0 Å². The number of para-hydroxylation sites is 1. The Morgan fingerprint density at radius 1 is 1.27 bits per heavy atom. The van der Waals surface area contributed by atoms with E-state index in [9.17, 15) is 18.0 Å². The minimum atomic E-state index is -3.23. The highest BCUT2D eigenvalue weighted by atomic mass is 35.5. The molecule has 0 radical (unpaired) electrons. The summed E-state index contributed by atoms with van der Waals surface area (Å²) < 4.78 is 29.4. The van der Waals surface area contributed by atoms with Crippen LogP contribution in [0.3, 0.4) is 0 Å². The fourth-order valence-electron chi connectivity index (χ4n) is 3.15. The van der Waals surface area contributed by atoms with Crippen LogP contribution in [-0.2, 0) is 19.4 Å². The molecule has 0 unspecified atom stereocenters. The monoisotopic (exact) mass is 493 g/mol. The third-order valence-corrected chi connectivity index (χ3v) is 8.07. The third-order valence-electron chi connectivity index (χ3n) is 4.25. The number of carbonyl (C=O) groups is 2. The molecule has 0 saturated carbocycles. The number of benzene rings is 1. The number of nitrogens with one attached hydrogen (secondary N) is 1. The summed E-state index contributed by atoms with van der Waals surface area (Å²) in [7, 11) is -3.23. The number of sulfone groups is 1. The highest BCUT2D eigenvalue weighted by molar-refractivity contribution is 8.16. The van der Waals surface area contributed by atoms with E-state index in [0.717, 1.165) is 0 Å². The van der Waals surface area contributed by atoms with Crippen LogP contribution in [0.2, 0.25) is 10.0 Å². The van der Waals surface area contributed by atoms with E-state index in [-0.39, 0.29) is 23.3 Å². The van der Waals surface area contributed by atoms with E-state index in [1.807, 2.05) is 0 Å². The molecule has 3 rings (SSSR count). The Morgan fingerprint density at radius 3 is 2.50 bits per heavy atom. The maximum absolute atomic E-state index is 12.4. The van der Waals surface area contributed by atoms with Crippen LogP contribution in [0, 0.1) is 0 Å². The topological polar surface area (TPSA) is 105 Å². The molecule has 12 heteroatoms. The van der Waals surface area contributed by atoms with Crippen molar-refractivity contribution in [1.82, 2.24) is 5.32 Å². The van der Waals surface area contributed by atoms with Gasteiger partial charge >= 0.3 is 6.09 Å². The number of alkyl carbamates (subject to hydrolysis) is 1. The van der Waals surface area contributed by atoms with Gasteiger partial charge in [-0.3, -0.25) is 4.79 Å². The highest BCUT2D eigenvalue weighted by Crippen LogP contribution is 2.45. The molecule has 2 saturated heterocycles. The minimum absolute atomic E-state index is 0.0235. The Kier molecular flexibility index (Phi) is 6.62. The Balaban J connectivity index is 1.84. The first-order valence-electron chi connectivity index (χ1n) is 9.05. The van der Waals surface area contributed by atoms with Crippen LogP contribution < -0.4 is 10.2 Å². The number of hydrogen-bond donors (Lipinski definition) is 1. The van der Waals surface area contributed by atoms with E-state index < -0.39 is 33.5 Å². The minimum Gasteiger partial charge on any atom is -0.444 e. The van der Waals surface area contributed by atoms with E-state index in [1.165, 1.54) is 11.8 Å². The first-order chi connectivity index (χ1) is 13.9. The van der Waals surface area contributed by atoms with E-state index in [4.69, 9.17) is 27.9 Å². The van der Waals surface area contributed by atoms with Gasteiger partial charge < -0.3 is 15.0 Å². The summed E-state index contributed by atoms with van der Waals surface area (Å²) in [5.41, 5.74) is -0.287. The Hall–Kier alpha value is -1.49. The molecule has 0 aliphatic carbocycles. The van der Waals surface area contributed by atoms with Crippen molar-refractivity contribution >= 4 is 67.7 Å². The molecule has 2 fully saturated rings. The summed E-state index contributed by atoms with van der Waals surface area (Å²) in [4.78, 5) is 29.9. The summed E-state index contributed by atoms with van der Waals surface area (Å²) >= 11 is 13.9. The average molecular weight is 494 g/mol. The summed E-state index contributed by atoms with van der Waals surface area (Å²) in [6.45, 7) is 4.77. The standard InChI is InChI=1S/C18H21Cl2N3O5S2/c1-18(2,3)28-17(25)21-7-14(24)22-16-23(15-10(19)5-4-6-11(15)20)12-8-30(26,27)9-13(12)29-16/h4-6,12-13H,7-9H2,1-3H3,(H,21,25)/t12-,13-/m1/s1. The molecule has 1 aromatic rings. The lowest BCUT2D eigenvalue weighted by molar-refractivity contribution is -0.117. The van der Waals surface area contributed by atoms with Crippen molar-refractivity contribution < 1.29 is 22.7 Å². The van der Waals surface area contributed by atoms with Crippen molar-refractivity contribution in [2.24, 2.45) is 4.99 Å². The van der Waals surface area contributed by atoms with Crippen molar-refractivity contribution in [1.29, 1.82) is 0 Å². The van der Waals surface area contributed by atoms with Gasteiger partial charge in [-0.25, -0.2) is 13.2 Å². The number of amidine groups is 1. The fraction of sp³-hybridized carbons (Fsp3) is 0.500. The lowest BCUT2D eigenvalue weighted by Gasteiger charge is -2.26. The molecule has 2 aliphatic heterocycles. The molecule has 1 aromatic carbocycles. The molecular formula is C18H21Cl2N3O5S2. The van der Waals surface area contributed by atoms with Gasteiger partial charge in [0.2, 0.25) is 0 Å². The summed E-state index contributed by atoms with van der Waals surface area (Å²) in [5.74, 6) is -0.723. The SMILES string of the molecule is CC(C)(C)OC(=O)NCC(=O)N=C1S[C@@H]2CS(=O)(=O)C[C@H]2N1c1c(Cl)cccc1Cl. The molecule has 0 aromatic heterocycles. The zero-order valence-corrected chi connectivity index (χ0v) is 19.7. The van der Waals surface area contributed by atoms with Gasteiger partial charge in [0, 0.05) is 5.25 Å². The average Bonchev–Trinajstić information content (AvgIpc) is 3.03. The second-order valence-corrected chi connectivity index (χ2v) is 12.1. The summed E-state index contributed by atoms with van der Waals surface area (Å²) in [5, 5.41) is 3.00. The van der Waals surface area contributed by atoms with Gasteiger partial charge in [0.05, 0.1) is 33.3 Å². The first-order valence-corrected chi connectivity index (χ1v) is 12.5. The number of amides is 2. The van der Waals surface area contributed by atoms with E-state index in [1.54, 1.807) is 43.9 Å². The Morgan fingerprint density at radius 2 is 1.90 bits per heavy atom. The molecule has 2 heterocycles. The summed E-state index contributed by atoms with van der Waals surface area (Å²) in [6.07, 6.45) is -0.732. The number of aliphatic imine (C=N–C) groups is 1. The zero-order valence-electron chi connectivity index (χ0n) is 16.5. The molecule has 164 valence electrons. The second-order valence-electron chi connectivity index (χ2n) is 7.88. The molecule has 30 heavy (non-hydrogen) atoms. The molecule has 0 bridgehead atoms. The normalized spacial score (nSPS) is 24.0. The Bertz CT molecular complexity index is 987. The predicted octanol–water partition coefficient (Wildman–Crippen LogP) is 3.12. The maximum Gasteiger partial charge on any atom is 0.408 e. The van der Waals surface area contributed by atoms with Gasteiger partial charge in [-0.1, -0.05) is 41.0 Å². The predicted molar refractivity (Wildman–Crippen MR) is 119 cm³/mol. The first kappa shape index (κ1) is 23.2. The number of nitrogens with zero attached hydrogens (tertiary/aromatic N) is 2. The smallest absolute Gasteiger partial charge is 0.408 e. The number of fused-ring (bicyclic) bond motifs is 1. The quantitative estimate of drug-likeness (QED) is 0.689. The van der Waals surface area contributed by atoms with Crippen molar-refractivity contribution in [3.8, 4) is 0 Å². The van der Waals surface area contributed by atoms with Crippen LogP contribution in [0.25, 0.3) is 0 Å². The number of thioether (sulfide) groups is 1. The van der Waals surface area contributed by atoms with Crippen molar-refractivity contribution in [2.45, 2.75) is 37.7 Å². The van der Waals surface area contributed by atoms with Gasteiger partial charge in [-0.15, -0.1) is 0 Å².